The summed E-state index contributed by atoms with van der Waals surface area (Å²) in [6.07, 6.45) is 3.04. The summed E-state index contributed by atoms with van der Waals surface area (Å²) in [6.45, 7) is 3.47. The van der Waals surface area contributed by atoms with Crippen molar-refractivity contribution in [3.05, 3.63) is 71.9 Å². The van der Waals surface area contributed by atoms with Crippen molar-refractivity contribution in [3.8, 4) is 0 Å². The third kappa shape index (κ3) is 3.03. The number of urea groups is 1. The van der Waals surface area contributed by atoms with Crippen LogP contribution in [0.5, 0.6) is 0 Å². The zero-order valence-electron chi connectivity index (χ0n) is 14.3. The number of benzene rings is 2. The van der Waals surface area contributed by atoms with Crippen LogP contribution >= 0.6 is 0 Å². The molecular weight excluding hydrogens is 310 g/mol. The Hall–Kier alpha value is -3.01. The molecule has 2 amide bonds. The molecule has 1 aliphatic heterocycles. The summed E-state index contributed by atoms with van der Waals surface area (Å²) < 4.78 is 0. The molecule has 2 heterocycles. The standard InChI is InChI=1S/C21H21N3O/c1-15-20(18-9-5-6-10-19(18)22-15)16-11-13-24(14-12-16)21(25)23-17-7-3-2-4-8-17/h2-11,22H,12-14H2,1H3,(H,23,25). The van der Waals surface area contributed by atoms with Gasteiger partial charge in [0.05, 0.1) is 0 Å². The molecule has 0 saturated carbocycles. The molecule has 4 heteroatoms. The van der Waals surface area contributed by atoms with Crippen LogP contribution in [0.25, 0.3) is 16.5 Å². The number of carbonyl (C=O) groups is 1. The number of H-pyrrole nitrogens is 1. The Morgan fingerprint density at radius 3 is 2.60 bits per heavy atom. The van der Waals surface area contributed by atoms with Gasteiger partial charge in [-0.05, 0) is 37.1 Å². The van der Waals surface area contributed by atoms with Gasteiger partial charge in [-0.1, -0.05) is 42.5 Å². The fourth-order valence-electron chi connectivity index (χ4n) is 3.50. The van der Waals surface area contributed by atoms with E-state index in [0.29, 0.717) is 6.54 Å². The van der Waals surface area contributed by atoms with Crippen LogP contribution in [0, 0.1) is 6.92 Å². The van der Waals surface area contributed by atoms with Crippen LogP contribution in [0.4, 0.5) is 10.5 Å². The highest BCUT2D eigenvalue weighted by atomic mass is 16.2. The van der Waals surface area contributed by atoms with Gasteiger partial charge in [-0.3, -0.25) is 0 Å². The van der Waals surface area contributed by atoms with Crippen LogP contribution in [0.3, 0.4) is 0 Å². The van der Waals surface area contributed by atoms with Crippen LogP contribution in [-0.4, -0.2) is 29.0 Å². The van der Waals surface area contributed by atoms with E-state index in [1.54, 1.807) is 0 Å². The average Bonchev–Trinajstić information content (AvgIpc) is 2.98. The lowest BCUT2D eigenvalue weighted by atomic mass is 9.97. The van der Waals surface area contributed by atoms with E-state index in [1.165, 1.54) is 27.7 Å². The molecule has 2 N–H and O–H groups in total. The van der Waals surface area contributed by atoms with Gasteiger partial charge in [0.2, 0.25) is 0 Å². The van der Waals surface area contributed by atoms with E-state index in [-0.39, 0.29) is 6.03 Å². The highest BCUT2D eigenvalue weighted by Crippen LogP contribution is 2.32. The Morgan fingerprint density at radius 2 is 1.84 bits per heavy atom. The van der Waals surface area contributed by atoms with Crippen molar-refractivity contribution in [2.75, 3.05) is 18.4 Å². The normalized spacial score (nSPS) is 14.4. The summed E-state index contributed by atoms with van der Waals surface area (Å²) in [7, 11) is 0. The first-order valence-corrected chi connectivity index (χ1v) is 8.60. The first-order chi connectivity index (χ1) is 12.2. The van der Waals surface area contributed by atoms with Crippen LogP contribution in [0.1, 0.15) is 17.7 Å². The van der Waals surface area contributed by atoms with Crippen molar-refractivity contribution in [2.45, 2.75) is 13.3 Å². The van der Waals surface area contributed by atoms with Crippen molar-refractivity contribution in [1.82, 2.24) is 9.88 Å². The maximum absolute atomic E-state index is 12.4. The number of amides is 2. The van der Waals surface area contributed by atoms with Crippen LogP contribution in [0.2, 0.25) is 0 Å². The second-order valence-corrected chi connectivity index (χ2v) is 6.39. The number of fused-ring (bicyclic) bond motifs is 1. The van der Waals surface area contributed by atoms with E-state index >= 15 is 0 Å². The third-order valence-electron chi connectivity index (χ3n) is 4.74. The zero-order valence-corrected chi connectivity index (χ0v) is 14.3. The monoisotopic (exact) mass is 331 g/mol. The maximum atomic E-state index is 12.4. The SMILES string of the molecule is Cc1[nH]c2ccccc2c1C1=CCN(C(=O)Nc2ccccc2)CC1. The molecule has 3 aromatic rings. The summed E-state index contributed by atoms with van der Waals surface area (Å²) in [5, 5.41) is 4.21. The Bertz CT molecular complexity index is 940. The number of hydrogen-bond acceptors (Lipinski definition) is 1. The average molecular weight is 331 g/mol. The van der Waals surface area contributed by atoms with Gasteiger partial charge in [0.1, 0.15) is 0 Å². The van der Waals surface area contributed by atoms with Gasteiger partial charge in [0.25, 0.3) is 0 Å². The second-order valence-electron chi connectivity index (χ2n) is 6.39. The quantitative estimate of drug-likeness (QED) is 0.696. The van der Waals surface area contributed by atoms with E-state index in [9.17, 15) is 4.79 Å². The fraction of sp³-hybridized carbons (Fsp3) is 0.190. The minimum Gasteiger partial charge on any atom is -0.358 e. The largest absolute Gasteiger partial charge is 0.358 e. The topological polar surface area (TPSA) is 48.1 Å². The molecular formula is C21H21N3O. The fourth-order valence-corrected chi connectivity index (χ4v) is 3.50. The predicted octanol–water partition coefficient (Wildman–Crippen LogP) is 4.80. The molecule has 0 radical (unpaired) electrons. The molecule has 4 nitrogen and oxygen atoms in total. The van der Waals surface area contributed by atoms with Gasteiger partial charge in [-0.25, -0.2) is 4.79 Å². The summed E-state index contributed by atoms with van der Waals surface area (Å²) in [6, 6.07) is 17.9. The van der Waals surface area contributed by atoms with Gasteiger partial charge in [0, 0.05) is 40.9 Å². The molecule has 2 aromatic carbocycles. The highest BCUT2D eigenvalue weighted by molar-refractivity contribution is 5.95. The molecule has 0 fully saturated rings. The van der Waals surface area contributed by atoms with Crippen molar-refractivity contribution in [2.24, 2.45) is 0 Å². The lowest BCUT2D eigenvalue weighted by molar-refractivity contribution is 0.217. The molecule has 4 rings (SSSR count). The van der Waals surface area contributed by atoms with E-state index in [0.717, 1.165) is 18.7 Å². The number of nitrogens with one attached hydrogen (secondary N) is 2. The van der Waals surface area contributed by atoms with E-state index in [4.69, 9.17) is 0 Å². The number of aryl methyl sites for hydroxylation is 1. The van der Waals surface area contributed by atoms with Gasteiger partial charge < -0.3 is 15.2 Å². The Balaban J connectivity index is 1.52. The van der Waals surface area contributed by atoms with Gasteiger partial charge in [-0.2, -0.15) is 0 Å². The van der Waals surface area contributed by atoms with Gasteiger partial charge in [-0.15, -0.1) is 0 Å². The van der Waals surface area contributed by atoms with Crippen LogP contribution in [-0.2, 0) is 0 Å². The van der Waals surface area contributed by atoms with Gasteiger partial charge in [0.15, 0.2) is 0 Å². The molecule has 25 heavy (non-hydrogen) atoms. The van der Waals surface area contributed by atoms with Crippen molar-refractivity contribution >= 4 is 28.2 Å². The molecule has 0 atom stereocenters. The molecule has 0 saturated heterocycles. The number of carbonyl (C=O) groups excluding carboxylic acids is 1. The maximum Gasteiger partial charge on any atom is 0.322 e. The Kier molecular flexibility index (Phi) is 4.02. The van der Waals surface area contributed by atoms with E-state index in [2.05, 4.69) is 41.5 Å². The predicted molar refractivity (Wildman–Crippen MR) is 103 cm³/mol. The molecule has 0 bridgehead atoms. The first-order valence-electron chi connectivity index (χ1n) is 8.60. The summed E-state index contributed by atoms with van der Waals surface area (Å²) in [5.41, 5.74) is 5.79. The molecule has 1 aromatic heterocycles. The smallest absolute Gasteiger partial charge is 0.322 e. The second kappa shape index (κ2) is 6.48. The lowest BCUT2D eigenvalue weighted by Crippen LogP contribution is -2.37. The Morgan fingerprint density at radius 1 is 1.08 bits per heavy atom. The van der Waals surface area contributed by atoms with Crippen LogP contribution < -0.4 is 5.32 Å². The third-order valence-corrected chi connectivity index (χ3v) is 4.74. The van der Waals surface area contributed by atoms with Crippen LogP contribution in [0.15, 0.2) is 60.7 Å². The number of nitrogens with zero attached hydrogens (tertiary/aromatic N) is 1. The molecule has 0 unspecified atom stereocenters. The van der Waals surface area contributed by atoms with Crippen molar-refractivity contribution < 1.29 is 4.79 Å². The number of aromatic amines is 1. The summed E-state index contributed by atoms with van der Waals surface area (Å²) >= 11 is 0. The van der Waals surface area contributed by atoms with E-state index < -0.39 is 0 Å². The first kappa shape index (κ1) is 15.5. The number of aromatic nitrogens is 1. The number of para-hydroxylation sites is 2. The number of anilines is 1. The highest BCUT2D eigenvalue weighted by Gasteiger charge is 2.20. The molecule has 126 valence electrons. The minimum atomic E-state index is -0.0443. The number of rotatable bonds is 2. The van der Waals surface area contributed by atoms with E-state index in [1.807, 2.05) is 41.3 Å². The van der Waals surface area contributed by atoms with Gasteiger partial charge >= 0.3 is 6.03 Å². The Labute approximate surface area is 147 Å². The number of hydrogen-bond donors (Lipinski definition) is 2. The molecule has 0 spiro atoms. The zero-order chi connectivity index (χ0) is 17.2. The molecule has 1 aliphatic rings. The minimum absolute atomic E-state index is 0.0443. The lowest BCUT2D eigenvalue weighted by Gasteiger charge is -2.27. The summed E-state index contributed by atoms with van der Waals surface area (Å²) in [5.74, 6) is 0. The van der Waals surface area contributed by atoms with Crippen molar-refractivity contribution in [3.63, 3.8) is 0 Å². The van der Waals surface area contributed by atoms with Crippen molar-refractivity contribution in [1.29, 1.82) is 0 Å². The molecule has 0 aliphatic carbocycles. The summed E-state index contributed by atoms with van der Waals surface area (Å²) in [4.78, 5) is 17.7.